The average Bonchev–Trinajstić information content (AvgIpc) is 2.55. The first-order chi connectivity index (χ1) is 11.4. The van der Waals surface area contributed by atoms with Gasteiger partial charge in [0.2, 0.25) is 0 Å². The first-order valence-electron chi connectivity index (χ1n) is 6.88. The predicted molar refractivity (Wildman–Crippen MR) is 88.8 cm³/mol. The molecule has 0 aliphatic heterocycles. The summed E-state index contributed by atoms with van der Waals surface area (Å²) < 4.78 is 18.4. The molecule has 0 radical (unpaired) electrons. The summed E-state index contributed by atoms with van der Waals surface area (Å²) in [4.78, 5) is 24.1. The number of nitriles is 1. The number of benzene rings is 2. The smallest absolute Gasteiger partial charge is 0.340 e. The lowest BCUT2D eigenvalue weighted by atomic mass is 10.2. The fraction of sp³-hybridized carbons (Fsp3) is 0.118. The lowest BCUT2D eigenvalue weighted by Gasteiger charge is -2.14. The van der Waals surface area contributed by atoms with Crippen LogP contribution >= 0.6 is 15.9 Å². The number of rotatable bonds is 4. The molecule has 5 nitrogen and oxygen atoms in total. The third-order valence-electron chi connectivity index (χ3n) is 3.09. The van der Waals surface area contributed by atoms with Gasteiger partial charge in [-0.15, -0.1) is 0 Å². The molecule has 0 heterocycles. The molecule has 0 saturated heterocycles. The Balaban J connectivity index is 2.00. The summed E-state index contributed by atoms with van der Waals surface area (Å²) in [7, 11) is 0. The maximum Gasteiger partial charge on any atom is 0.340 e. The number of hydrogen-bond donors (Lipinski definition) is 1. The molecule has 2 aromatic rings. The summed E-state index contributed by atoms with van der Waals surface area (Å²) in [5, 5.41) is 11.3. The fourth-order valence-corrected chi connectivity index (χ4v) is 2.32. The standard InChI is InChI=1S/C17H12BrFN2O3/c1-10(16(22)21-13-5-2-11(9-20)3-6-13)24-17(23)14-7-4-12(19)8-15(14)18/h2-8,10H,1H3,(H,21,22)/t10-/m0/s1. The summed E-state index contributed by atoms with van der Waals surface area (Å²) >= 11 is 3.07. The van der Waals surface area contributed by atoms with Crippen LogP contribution in [0.4, 0.5) is 10.1 Å². The van der Waals surface area contributed by atoms with Gasteiger partial charge in [-0.1, -0.05) is 0 Å². The zero-order valence-electron chi connectivity index (χ0n) is 12.5. The number of amides is 1. The van der Waals surface area contributed by atoms with Crippen LogP contribution in [0.2, 0.25) is 0 Å². The molecule has 0 fully saturated rings. The maximum absolute atomic E-state index is 13.0. The van der Waals surface area contributed by atoms with E-state index in [1.807, 2.05) is 6.07 Å². The summed E-state index contributed by atoms with van der Waals surface area (Å²) in [6.07, 6.45) is -1.05. The second-order valence-electron chi connectivity index (χ2n) is 4.85. The van der Waals surface area contributed by atoms with Crippen LogP contribution in [-0.2, 0) is 9.53 Å². The van der Waals surface area contributed by atoms with E-state index in [2.05, 4.69) is 21.2 Å². The molecule has 0 aliphatic rings. The van der Waals surface area contributed by atoms with Crippen molar-refractivity contribution < 1.29 is 18.7 Å². The van der Waals surface area contributed by atoms with E-state index in [0.29, 0.717) is 11.3 Å². The highest BCUT2D eigenvalue weighted by molar-refractivity contribution is 9.10. The number of anilines is 1. The number of nitrogens with one attached hydrogen (secondary N) is 1. The Morgan fingerprint density at radius 2 is 1.92 bits per heavy atom. The van der Waals surface area contributed by atoms with E-state index in [9.17, 15) is 14.0 Å². The molecular formula is C17H12BrFN2O3. The summed E-state index contributed by atoms with van der Waals surface area (Å²) in [5.74, 6) is -1.76. The highest BCUT2D eigenvalue weighted by atomic mass is 79.9. The normalized spacial score (nSPS) is 11.2. The molecule has 24 heavy (non-hydrogen) atoms. The van der Waals surface area contributed by atoms with Gasteiger partial charge in [0.15, 0.2) is 6.10 Å². The van der Waals surface area contributed by atoms with Crippen LogP contribution in [0.25, 0.3) is 0 Å². The van der Waals surface area contributed by atoms with Crippen molar-refractivity contribution in [1.82, 2.24) is 0 Å². The molecule has 0 unspecified atom stereocenters. The molecule has 2 rings (SSSR count). The van der Waals surface area contributed by atoms with Gasteiger partial charge in [0.25, 0.3) is 5.91 Å². The number of hydrogen-bond acceptors (Lipinski definition) is 4. The van der Waals surface area contributed by atoms with Crippen molar-refractivity contribution in [2.75, 3.05) is 5.32 Å². The summed E-state index contributed by atoms with van der Waals surface area (Å²) in [5.41, 5.74) is 1.06. The first kappa shape index (κ1) is 17.6. The quantitative estimate of drug-likeness (QED) is 0.808. The molecule has 0 saturated carbocycles. The number of carbonyl (C=O) groups is 2. The van der Waals surface area contributed by atoms with Gasteiger partial charge in [0.1, 0.15) is 5.82 Å². The monoisotopic (exact) mass is 390 g/mol. The molecular weight excluding hydrogens is 379 g/mol. The third-order valence-corrected chi connectivity index (χ3v) is 3.74. The molecule has 1 amide bonds. The number of halogens is 2. The van der Waals surface area contributed by atoms with E-state index in [-0.39, 0.29) is 10.0 Å². The fourth-order valence-electron chi connectivity index (χ4n) is 1.80. The van der Waals surface area contributed by atoms with Crippen LogP contribution in [-0.4, -0.2) is 18.0 Å². The van der Waals surface area contributed by atoms with Crippen LogP contribution < -0.4 is 5.32 Å². The minimum atomic E-state index is -1.05. The van der Waals surface area contributed by atoms with Crippen LogP contribution in [0.15, 0.2) is 46.9 Å². The third kappa shape index (κ3) is 4.40. The second kappa shape index (κ2) is 7.70. The molecule has 7 heteroatoms. The SMILES string of the molecule is C[C@H](OC(=O)c1ccc(F)cc1Br)C(=O)Nc1ccc(C#N)cc1. The van der Waals surface area contributed by atoms with Crippen molar-refractivity contribution in [3.63, 3.8) is 0 Å². The number of ether oxygens (including phenoxy) is 1. The van der Waals surface area contributed by atoms with Crippen molar-refractivity contribution in [2.24, 2.45) is 0 Å². The van der Waals surface area contributed by atoms with Gasteiger partial charge in [-0.25, -0.2) is 9.18 Å². The molecule has 0 spiro atoms. The Bertz CT molecular complexity index is 816. The van der Waals surface area contributed by atoms with E-state index in [1.54, 1.807) is 24.3 Å². The number of carbonyl (C=O) groups excluding carboxylic acids is 2. The largest absolute Gasteiger partial charge is 0.449 e. The Kier molecular flexibility index (Phi) is 5.66. The van der Waals surface area contributed by atoms with E-state index < -0.39 is 23.8 Å². The Labute approximate surface area is 146 Å². The van der Waals surface area contributed by atoms with Crippen molar-refractivity contribution >= 4 is 33.5 Å². The van der Waals surface area contributed by atoms with E-state index in [0.717, 1.165) is 12.1 Å². The molecule has 1 atom stereocenters. The number of nitrogens with zero attached hydrogens (tertiary/aromatic N) is 1. The molecule has 0 bridgehead atoms. The van der Waals surface area contributed by atoms with Gasteiger partial charge in [-0.05, 0) is 65.3 Å². The predicted octanol–water partition coefficient (Wildman–Crippen LogP) is 3.64. The van der Waals surface area contributed by atoms with E-state index in [1.165, 1.54) is 13.0 Å². The maximum atomic E-state index is 13.0. The minimum Gasteiger partial charge on any atom is -0.449 e. The zero-order valence-corrected chi connectivity index (χ0v) is 14.1. The molecule has 0 aliphatic carbocycles. The van der Waals surface area contributed by atoms with Crippen molar-refractivity contribution in [2.45, 2.75) is 13.0 Å². The van der Waals surface area contributed by atoms with Crippen molar-refractivity contribution in [3.8, 4) is 6.07 Å². The summed E-state index contributed by atoms with van der Waals surface area (Å²) in [6.45, 7) is 1.42. The Morgan fingerprint density at radius 1 is 1.25 bits per heavy atom. The summed E-state index contributed by atoms with van der Waals surface area (Å²) in [6, 6.07) is 11.8. The van der Waals surface area contributed by atoms with Crippen LogP contribution in [0.5, 0.6) is 0 Å². The van der Waals surface area contributed by atoms with Crippen LogP contribution in [0.1, 0.15) is 22.8 Å². The van der Waals surface area contributed by atoms with E-state index >= 15 is 0 Å². The molecule has 1 N–H and O–H groups in total. The van der Waals surface area contributed by atoms with Gasteiger partial charge in [0.05, 0.1) is 17.2 Å². The number of esters is 1. The first-order valence-corrected chi connectivity index (χ1v) is 7.67. The minimum absolute atomic E-state index is 0.120. The van der Waals surface area contributed by atoms with Crippen LogP contribution in [0.3, 0.4) is 0 Å². The molecule has 122 valence electrons. The molecule has 0 aromatic heterocycles. The highest BCUT2D eigenvalue weighted by Crippen LogP contribution is 2.19. The van der Waals surface area contributed by atoms with Crippen molar-refractivity contribution in [1.29, 1.82) is 5.26 Å². The Hall–Kier alpha value is -2.72. The molecule has 2 aromatic carbocycles. The average molecular weight is 391 g/mol. The topological polar surface area (TPSA) is 79.2 Å². The lowest BCUT2D eigenvalue weighted by molar-refractivity contribution is -0.123. The van der Waals surface area contributed by atoms with Gasteiger partial charge >= 0.3 is 5.97 Å². The lowest BCUT2D eigenvalue weighted by Crippen LogP contribution is -2.30. The van der Waals surface area contributed by atoms with Gasteiger partial charge in [-0.2, -0.15) is 5.26 Å². The van der Waals surface area contributed by atoms with E-state index in [4.69, 9.17) is 10.00 Å². The zero-order chi connectivity index (χ0) is 17.7. The second-order valence-corrected chi connectivity index (χ2v) is 5.70. The Morgan fingerprint density at radius 3 is 2.50 bits per heavy atom. The van der Waals surface area contributed by atoms with Gasteiger partial charge in [0, 0.05) is 10.2 Å². The van der Waals surface area contributed by atoms with Gasteiger partial charge in [-0.3, -0.25) is 4.79 Å². The van der Waals surface area contributed by atoms with Crippen LogP contribution in [0, 0.1) is 17.1 Å². The van der Waals surface area contributed by atoms with Gasteiger partial charge < -0.3 is 10.1 Å². The highest BCUT2D eigenvalue weighted by Gasteiger charge is 2.20. The van der Waals surface area contributed by atoms with Crippen molar-refractivity contribution in [3.05, 3.63) is 63.9 Å².